The first-order chi connectivity index (χ1) is 13.5. The molecule has 2 aliphatic rings. The second-order valence-electron chi connectivity index (χ2n) is 7.99. The quantitative estimate of drug-likeness (QED) is 0.411. The maximum Gasteiger partial charge on any atom is 0.331 e. The van der Waals surface area contributed by atoms with E-state index in [-0.39, 0.29) is 5.91 Å². The molecule has 1 aromatic rings. The van der Waals surface area contributed by atoms with Crippen LogP contribution in [0.1, 0.15) is 74.9 Å². The molecule has 2 aliphatic carbocycles. The molecule has 0 unspecified atom stereocenters. The Hall–Kier alpha value is -2.30. The molecule has 3 rings (SSSR count). The van der Waals surface area contributed by atoms with E-state index in [9.17, 15) is 9.59 Å². The smallest absolute Gasteiger partial charge is 0.331 e. The summed E-state index contributed by atoms with van der Waals surface area (Å²) in [5.74, 6) is -0.737. The maximum atomic E-state index is 12.1. The summed E-state index contributed by atoms with van der Waals surface area (Å²) >= 11 is 0. The third-order valence-electron chi connectivity index (χ3n) is 5.63. The van der Waals surface area contributed by atoms with Crippen molar-refractivity contribution in [1.82, 2.24) is 9.88 Å². The summed E-state index contributed by atoms with van der Waals surface area (Å²) in [5.41, 5.74) is 4.84. The molecule has 1 amide bonds. The predicted molar refractivity (Wildman–Crippen MR) is 111 cm³/mol. The van der Waals surface area contributed by atoms with Crippen LogP contribution in [-0.2, 0) is 14.3 Å². The number of nitrogens with zero attached hydrogens (tertiary/aromatic N) is 1. The normalized spacial score (nSPS) is 18.0. The molecule has 5 nitrogen and oxygen atoms in total. The number of allylic oxidation sites excluding steroid dienone is 1. The summed E-state index contributed by atoms with van der Waals surface area (Å²) in [6, 6.07) is 2.70. The van der Waals surface area contributed by atoms with Crippen LogP contribution in [0.4, 0.5) is 0 Å². The van der Waals surface area contributed by atoms with E-state index in [1.54, 1.807) is 13.0 Å². The van der Waals surface area contributed by atoms with E-state index in [1.165, 1.54) is 48.7 Å². The van der Waals surface area contributed by atoms with E-state index in [0.29, 0.717) is 12.6 Å². The van der Waals surface area contributed by atoms with Crippen LogP contribution in [0.15, 0.2) is 23.8 Å². The Balaban J connectivity index is 1.44. The number of aryl methyl sites for hydroxylation is 1. The molecule has 0 bridgehead atoms. The van der Waals surface area contributed by atoms with Gasteiger partial charge in [-0.1, -0.05) is 11.6 Å². The Morgan fingerprint density at radius 1 is 1.32 bits per heavy atom. The number of hydrogen-bond acceptors (Lipinski definition) is 3. The summed E-state index contributed by atoms with van der Waals surface area (Å²) in [6.45, 7) is 6.38. The highest BCUT2D eigenvalue weighted by atomic mass is 16.5. The van der Waals surface area contributed by atoms with Crippen molar-refractivity contribution in [2.45, 2.75) is 77.9 Å². The van der Waals surface area contributed by atoms with Crippen molar-refractivity contribution in [1.29, 1.82) is 0 Å². The summed E-state index contributed by atoms with van der Waals surface area (Å²) < 4.78 is 7.59. The van der Waals surface area contributed by atoms with Crippen molar-refractivity contribution in [2.75, 3.05) is 6.54 Å². The molecule has 1 saturated carbocycles. The molecular formula is C23H32N2O3. The SMILES string of the molecule is Cc1cc(/C=C/C(=O)O[C@H](C)C(=O)NCCC2=CCCCC2)c(C)n1C1CC1. The first-order valence-corrected chi connectivity index (χ1v) is 10.5. The number of hydrogen-bond donors (Lipinski definition) is 1. The fraction of sp³-hybridized carbons (Fsp3) is 0.565. The van der Waals surface area contributed by atoms with Crippen LogP contribution < -0.4 is 5.32 Å². The van der Waals surface area contributed by atoms with Crippen LogP contribution in [0.5, 0.6) is 0 Å². The fourth-order valence-corrected chi connectivity index (χ4v) is 3.91. The van der Waals surface area contributed by atoms with Gasteiger partial charge in [0.25, 0.3) is 5.91 Å². The average Bonchev–Trinajstić information content (AvgIpc) is 3.46. The highest BCUT2D eigenvalue weighted by molar-refractivity contribution is 5.90. The zero-order valence-electron chi connectivity index (χ0n) is 17.3. The molecule has 0 spiro atoms. The van der Waals surface area contributed by atoms with E-state index >= 15 is 0 Å². The Bertz CT molecular complexity index is 784. The van der Waals surface area contributed by atoms with Crippen LogP contribution in [0.25, 0.3) is 6.08 Å². The Kier molecular flexibility index (Phi) is 6.76. The van der Waals surface area contributed by atoms with Gasteiger partial charge in [0.1, 0.15) is 0 Å². The average molecular weight is 385 g/mol. The molecule has 1 aromatic heterocycles. The number of ether oxygens (including phenoxy) is 1. The predicted octanol–water partition coefficient (Wildman–Crippen LogP) is 4.39. The van der Waals surface area contributed by atoms with E-state index in [1.807, 2.05) is 0 Å². The van der Waals surface area contributed by atoms with Crippen LogP contribution in [0.2, 0.25) is 0 Å². The van der Waals surface area contributed by atoms with Crippen LogP contribution in [0.3, 0.4) is 0 Å². The third-order valence-corrected chi connectivity index (χ3v) is 5.63. The number of nitrogens with one attached hydrogen (secondary N) is 1. The van der Waals surface area contributed by atoms with Gasteiger partial charge < -0.3 is 14.6 Å². The highest BCUT2D eigenvalue weighted by Gasteiger charge is 2.26. The van der Waals surface area contributed by atoms with Gasteiger partial charge in [-0.2, -0.15) is 0 Å². The zero-order valence-corrected chi connectivity index (χ0v) is 17.3. The molecule has 152 valence electrons. The van der Waals surface area contributed by atoms with E-state index in [4.69, 9.17) is 4.74 Å². The lowest BCUT2D eigenvalue weighted by Gasteiger charge is -2.15. The number of carbonyl (C=O) groups is 2. The summed E-state index contributed by atoms with van der Waals surface area (Å²) in [7, 11) is 0. The first kappa shape index (κ1) is 20.4. The molecule has 0 radical (unpaired) electrons. The van der Waals surface area contributed by atoms with Crippen LogP contribution in [0, 0.1) is 13.8 Å². The molecule has 1 fully saturated rings. The lowest BCUT2D eigenvalue weighted by Crippen LogP contribution is -2.36. The van der Waals surface area contributed by atoms with Gasteiger partial charge in [0.2, 0.25) is 0 Å². The van der Waals surface area contributed by atoms with Gasteiger partial charge in [-0.3, -0.25) is 4.79 Å². The number of amides is 1. The molecule has 1 heterocycles. The molecular weight excluding hydrogens is 352 g/mol. The Labute approximate surface area is 167 Å². The van der Waals surface area contributed by atoms with Gasteiger partial charge in [0.15, 0.2) is 6.10 Å². The molecule has 0 aliphatic heterocycles. The molecule has 28 heavy (non-hydrogen) atoms. The molecule has 5 heteroatoms. The minimum absolute atomic E-state index is 0.245. The Morgan fingerprint density at radius 2 is 2.11 bits per heavy atom. The van der Waals surface area contributed by atoms with Gasteiger partial charge in [-0.25, -0.2) is 4.79 Å². The standard InChI is InChI=1S/C23H32N2O3/c1-16-15-20(17(2)25(16)21-10-11-21)9-12-22(26)28-18(3)23(27)24-14-13-19-7-5-4-6-8-19/h7,9,12,15,18,21H,4-6,8,10-11,13-14H2,1-3H3,(H,24,27)/b12-9+/t18-/m1/s1. The van der Waals surface area contributed by atoms with Crippen molar-refractivity contribution in [3.8, 4) is 0 Å². The minimum atomic E-state index is -0.795. The van der Waals surface area contributed by atoms with E-state index < -0.39 is 12.1 Å². The minimum Gasteiger partial charge on any atom is -0.449 e. The second kappa shape index (κ2) is 9.26. The highest BCUT2D eigenvalue weighted by Crippen LogP contribution is 2.38. The number of aromatic nitrogens is 1. The van der Waals surface area contributed by atoms with Gasteiger partial charge >= 0.3 is 5.97 Å². The molecule has 1 N–H and O–H groups in total. The van der Waals surface area contributed by atoms with E-state index in [0.717, 1.165) is 24.8 Å². The zero-order chi connectivity index (χ0) is 20.1. The lowest BCUT2D eigenvalue weighted by molar-refractivity contribution is -0.150. The molecule has 0 saturated heterocycles. The fourth-order valence-electron chi connectivity index (χ4n) is 3.91. The van der Waals surface area contributed by atoms with Gasteiger partial charge in [0, 0.05) is 30.1 Å². The van der Waals surface area contributed by atoms with Gasteiger partial charge in [-0.15, -0.1) is 0 Å². The number of carbonyl (C=O) groups excluding carboxylic acids is 2. The summed E-state index contributed by atoms with van der Waals surface area (Å²) in [4.78, 5) is 24.2. The largest absolute Gasteiger partial charge is 0.449 e. The second-order valence-corrected chi connectivity index (χ2v) is 7.99. The van der Waals surface area contributed by atoms with Crippen molar-refractivity contribution in [3.63, 3.8) is 0 Å². The van der Waals surface area contributed by atoms with Crippen molar-refractivity contribution >= 4 is 18.0 Å². The van der Waals surface area contributed by atoms with Crippen LogP contribution in [-0.4, -0.2) is 29.1 Å². The van der Waals surface area contributed by atoms with Crippen molar-refractivity contribution < 1.29 is 14.3 Å². The van der Waals surface area contributed by atoms with Gasteiger partial charge in [-0.05, 0) is 83.4 Å². The molecule has 0 aromatic carbocycles. The first-order valence-electron chi connectivity index (χ1n) is 10.5. The summed E-state index contributed by atoms with van der Waals surface area (Å²) in [6.07, 6.45) is 12.8. The molecule has 1 atom stereocenters. The summed E-state index contributed by atoms with van der Waals surface area (Å²) in [5, 5.41) is 2.86. The number of rotatable bonds is 8. The third kappa shape index (κ3) is 5.37. The van der Waals surface area contributed by atoms with Gasteiger partial charge in [0.05, 0.1) is 0 Å². The maximum absolute atomic E-state index is 12.1. The van der Waals surface area contributed by atoms with Crippen molar-refractivity contribution in [3.05, 3.63) is 40.7 Å². The van der Waals surface area contributed by atoms with Crippen LogP contribution >= 0.6 is 0 Å². The number of esters is 1. The Morgan fingerprint density at radius 3 is 2.79 bits per heavy atom. The monoisotopic (exact) mass is 384 g/mol. The van der Waals surface area contributed by atoms with E-state index in [2.05, 4.69) is 35.9 Å². The lowest BCUT2D eigenvalue weighted by atomic mass is 9.97. The van der Waals surface area contributed by atoms with Crippen molar-refractivity contribution in [2.24, 2.45) is 0 Å². The topological polar surface area (TPSA) is 60.3 Å².